The first-order valence-corrected chi connectivity index (χ1v) is 8.78. The molecule has 3 aromatic heterocycles. The van der Waals surface area contributed by atoms with Gasteiger partial charge in [-0.1, -0.05) is 6.07 Å². The van der Waals surface area contributed by atoms with Gasteiger partial charge in [-0.15, -0.1) is 0 Å². The van der Waals surface area contributed by atoms with Crippen LogP contribution in [0.2, 0.25) is 0 Å². The van der Waals surface area contributed by atoms with E-state index in [0.717, 1.165) is 11.8 Å². The van der Waals surface area contributed by atoms with Crippen molar-refractivity contribution in [1.29, 1.82) is 0 Å². The molecule has 0 unspecified atom stereocenters. The van der Waals surface area contributed by atoms with Crippen molar-refractivity contribution >= 4 is 17.6 Å². The first-order valence-electron chi connectivity index (χ1n) is 8.78. The van der Waals surface area contributed by atoms with Gasteiger partial charge in [-0.3, -0.25) is 4.98 Å². The van der Waals surface area contributed by atoms with Gasteiger partial charge in [0, 0.05) is 23.1 Å². The lowest BCUT2D eigenvalue weighted by Gasteiger charge is -2.21. The Hall–Kier alpha value is -3.30. The van der Waals surface area contributed by atoms with Crippen molar-refractivity contribution in [3.05, 3.63) is 47.9 Å². The molecule has 0 atom stereocenters. The van der Waals surface area contributed by atoms with Gasteiger partial charge in [-0.05, 0) is 52.0 Å². The zero-order valence-corrected chi connectivity index (χ0v) is 16.3. The van der Waals surface area contributed by atoms with Crippen LogP contribution in [0.15, 0.2) is 36.5 Å². The Morgan fingerprint density at radius 1 is 0.897 bits per heavy atom. The molecule has 0 saturated heterocycles. The number of nitrogens with zero attached hydrogens (tertiary/aromatic N) is 5. The Bertz CT molecular complexity index is 1010. The highest BCUT2D eigenvalue weighted by atomic mass is 19.4. The number of pyridine rings is 2. The van der Waals surface area contributed by atoms with E-state index in [4.69, 9.17) is 0 Å². The van der Waals surface area contributed by atoms with E-state index in [2.05, 4.69) is 35.6 Å². The molecule has 0 amide bonds. The van der Waals surface area contributed by atoms with Crippen molar-refractivity contribution in [3.8, 4) is 11.5 Å². The van der Waals surface area contributed by atoms with Crippen molar-refractivity contribution in [1.82, 2.24) is 24.9 Å². The van der Waals surface area contributed by atoms with Gasteiger partial charge in [0.15, 0.2) is 5.82 Å². The second kappa shape index (κ2) is 7.61. The highest BCUT2D eigenvalue weighted by Gasteiger charge is 2.32. The summed E-state index contributed by atoms with van der Waals surface area (Å²) in [6, 6.07) is 7.12. The third kappa shape index (κ3) is 5.59. The van der Waals surface area contributed by atoms with Crippen LogP contribution in [0.3, 0.4) is 0 Å². The van der Waals surface area contributed by atoms with Crippen molar-refractivity contribution in [2.45, 2.75) is 39.4 Å². The fraction of sp³-hybridized carbons (Fsp3) is 0.316. The third-order valence-electron chi connectivity index (χ3n) is 3.54. The second-order valence-electron chi connectivity index (χ2n) is 7.40. The minimum Gasteiger partial charge on any atom is -0.349 e. The zero-order valence-electron chi connectivity index (χ0n) is 16.3. The van der Waals surface area contributed by atoms with Crippen LogP contribution in [0.4, 0.5) is 30.8 Å². The van der Waals surface area contributed by atoms with Crippen molar-refractivity contribution in [3.63, 3.8) is 0 Å². The standard InChI is InChI=1S/C19H20F3N7/c1-11-10-12(8-9-23-11)24-16-26-15(27-17(28-16)29-18(2,3)4)13-6-5-7-14(25-13)19(20,21)22/h5-10H,1-4H3,(H2,23,24,26,27,28,29). The molecule has 0 aromatic carbocycles. The monoisotopic (exact) mass is 403 g/mol. The third-order valence-corrected chi connectivity index (χ3v) is 3.54. The molecule has 0 aliphatic rings. The molecule has 0 radical (unpaired) electrons. The summed E-state index contributed by atoms with van der Waals surface area (Å²) in [4.78, 5) is 20.6. The van der Waals surface area contributed by atoms with E-state index in [0.29, 0.717) is 5.69 Å². The average molecular weight is 403 g/mol. The van der Waals surface area contributed by atoms with E-state index < -0.39 is 11.9 Å². The number of rotatable bonds is 4. The van der Waals surface area contributed by atoms with Gasteiger partial charge in [0.1, 0.15) is 11.4 Å². The number of aryl methyl sites for hydroxylation is 1. The van der Waals surface area contributed by atoms with E-state index in [1.54, 1.807) is 18.3 Å². The van der Waals surface area contributed by atoms with E-state index in [1.807, 2.05) is 27.7 Å². The van der Waals surface area contributed by atoms with E-state index in [1.165, 1.54) is 12.1 Å². The minimum atomic E-state index is -4.56. The van der Waals surface area contributed by atoms with Crippen molar-refractivity contribution < 1.29 is 13.2 Å². The summed E-state index contributed by atoms with van der Waals surface area (Å²) in [5, 5.41) is 6.14. The molecule has 0 aliphatic carbocycles. The fourth-order valence-corrected chi connectivity index (χ4v) is 2.41. The fourth-order valence-electron chi connectivity index (χ4n) is 2.41. The lowest BCUT2D eigenvalue weighted by molar-refractivity contribution is -0.141. The number of aromatic nitrogens is 5. The second-order valence-corrected chi connectivity index (χ2v) is 7.40. The Labute approximate surface area is 165 Å². The maximum atomic E-state index is 13.0. The van der Waals surface area contributed by atoms with Gasteiger partial charge in [0.25, 0.3) is 0 Å². The lowest BCUT2D eigenvalue weighted by atomic mass is 10.1. The topological polar surface area (TPSA) is 88.5 Å². The van der Waals surface area contributed by atoms with Crippen LogP contribution >= 0.6 is 0 Å². The lowest BCUT2D eigenvalue weighted by Crippen LogP contribution is -2.27. The number of anilines is 3. The van der Waals surface area contributed by atoms with Gasteiger partial charge in [-0.2, -0.15) is 28.1 Å². The van der Waals surface area contributed by atoms with E-state index >= 15 is 0 Å². The largest absolute Gasteiger partial charge is 0.433 e. The highest BCUT2D eigenvalue weighted by Crippen LogP contribution is 2.29. The molecule has 3 heterocycles. The van der Waals surface area contributed by atoms with Gasteiger partial charge < -0.3 is 10.6 Å². The van der Waals surface area contributed by atoms with Crippen molar-refractivity contribution in [2.24, 2.45) is 0 Å². The number of nitrogens with one attached hydrogen (secondary N) is 2. The molecule has 0 saturated carbocycles. The average Bonchev–Trinajstić information content (AvgIpc) is 2.59. The quantitative estimate of drug-likeness (QED) is 0.658. The molecule has 2 N–H and O–H groups in total. The Kier molecular flexibility index (Phi) is 5.36. The van der Waals surface area contributed by atoms with Gasteiger partial charge in [-0.25, -0.2) is 4.98 Å². The summed E-state index contributed by atoms with van der Waals surface area (Å²) in [6.07, 6.45) is -2.94. The molecular formula is C19H20F3N7. The molecule has 29 heavy (non-hydrogen) atoms. The normalized spacial score (nSPS) is 12.0. The summed E-state index contributed by atoms with van der Waals surface area (Å²) in [7, 11) is 0. The van der Waals surface area contributed by atoms with Crippen LogP contribution in [0.5, 0.6) is 0 Å². The van der Waals surface area contributed by atoms with Gasteiger partial charge >= 0.3 is 6.18 Å². The Morgan fingerprint density at radius 3 is 2.28 bits per heavy atom. The number of halogens is 3. The molecule has 10 heteroatoms. The summed E-state index contributed by atoms with van der Waals surface area (Å²) >= 11 is 0. The number of alkyl halides is 3. The summed E-state index contributed by atoms with van der Waals surface area (Å²) < 4.78 is 39.1. The predicted molar refractivity (Wildman–Crippen MR) is 104 cm³/mol. The summed E-state index contributed by atoms with van der Waals surface area (Å²) in [5.41, 5.74) is 0.0862. The molecule has 0 fully saturated rings. The highest BCUT2D eigenvalue weighted by molar-refractivity contribution is 5.59. The maximum Gasteiger partial charge on any atom is 0.433 e. The van der Waals surface area contributed by atoms with E-state index in [9.17, 15) is 13.2 Å². The van der Waals surface area contributed by atoms with E-state index in [-0.39, 0.29) is 29.0 Å². The number of hydrogen-bond acceptors (Lipinski definition) is 7. The maximum absolute atomic E-state index is 13.0. The first kappa shape index (κ1) is 20.4. The molecule has 3 aromatic rings. The van der Waals surface area contributed by atoms with Gasteiger partial charge in [0.2, 0.25) is 11.9 Å². The predicted octanol–water partition coefficient (Wildman–Crippen LogP) is 4.61. The molecular weight excluding hydrogens is 383 g/mol. The molecule has 3 rings (SSSR count). The van der Waals surface area contributed by atoms with Crippen LogP contribution in [-0.2, 0) is 6.18 Å². The molecule has 0 spiro atoms. The smallest absolute Gasteiger partial charge is 0.349 e. The van der Waals surface area contributed by atoms with Gasteiger partial charge in [0.05, 0.1) is 0 Å². The summed E-state index contributed by atoms with van der Waals surface area (Å²) in [5.74, 6) is 0.410. The number of hydrogen-bond donors (Lipinski definition) is 2. The SMILES string of the molecule is Cc1cc(Nc2nc(NC(C)(C)C)nc(-c3cccc(C(F)(F)F)n3)n2)ccn1. The molecule has 152 valence electrons. The minimum absolute atomic E-state index is 0.00635. The summed E-state index contributed by atoms with van der Waals surface area (Å²) in [6.45, 7) is 7.58. The zero-order chi connectivity index (χ0) is 21.2. The molecule has 0 aliphatic heterocycles. The first-order chi connectivity index (χ1) is 13.5. The van der Waals surface area contributed by atoms with Crippen LogP contribution in [0.1, 0.15) is 32.2 Å². The van der Waals surface area contributed by atoms with Crippen LogP contribution < -0.4 is 10.6 Å². The molecule has 7 nitrogen and oxygen atoms in total. The Balaban J connectivity index is 2.05. The molecule has 0 bridgehead atoms. The van der Waals surface area contributed by atoms with Crippen LogP contribution in [0.25, 0.3) is 11.5 Å². The van der Waals surface area contributed by atoms with Crippen molar-refractivity contribution in [2.75, 3.05) is 10.6 Å². The van der Waals surface area contributed by atoms with Crippen LogP contribution in [-0.4, -0.2) is 30.5 Å². The van der Waals surface area contributed by atoms with Crippen LogP contribution in [0, 0.1) is 6.92 Å². The Morgan fingerprint density at radius 2 is 1.62 bits per heavy atom.